The van der Waals surface area contributed by atoms with E-state index in [0.29, 0.717) is 29.2 Å². The molecule has 3 amide bonds. The topological polar surface area (TPSA) is 78.9 Å². The Bertz CT molecular complexity index is 1480. The van der Waals surface area contributed by atoms with E-state index in [2.05, 4.69) is 19.2 Å². The van der Waals surface area contributed by atoms with Crippen molar-refractivity contribution in [1.82, 2.24) is 4.90 Å². The fourth-order valence-electron chi connectivity index (χ4n) is 7.61. The van der Waals surface area contributed by atoms with Gasteiger partial charge in [-0.2, -0.15) is 0 Å². The SMILES string of the molecule is BC12C(=O)N(c3cc(Cl)c(OC)c(Cl)c3)C(=O)C1(B)C1(C(=O)Nc3c(Cl)cc(Cl)cc31)N1CC(C)(C)CC12. The molecule has 4 aliphatic rings. The Morgan fingerprint density at radius 1 is 0.974 bits per heavy atom. The Morgan fingerprint density at radius 3 is 2.21 bits per heavy atom. The molecule has 4 aliphatic heterocycles. The second kappa shape index (κ2) is 7.85. The van der Waals surface area contributed by atoms with Crippen LogP contribution in [0.4, 0.5) is 11.4 Å². The van der Waals surface area contributed by atoms with Gasteiger partial charge in [-0.1, -0.05) is 60.3 Å². The molecule has 2 aromatic carbocycles. The number of anilines is 2. The molecule has 196 valence electrons. The lowest BCUT2D eigenvalue weighted by molar-refractivity contribution is -0.134. The summed E-state index contributed by atoms with van der Waals surface area (Å²) in [5, 5.41) is 1.06. The summed E-state index contributed by atoms with van der Waals surface area (Å²) in [4.78, 5) is 46.6. The van der Waals surface area contributed by atoms with E-state index in [1.807, 2.05) is 4.90 Å². The molecule has 13 heteroatoms. The van der Waals surface area contributed by atoms with Crippen LogP contribution in [0.1, 0.15) is 25.8 Å². The number of benzene rings is 2. The molecule has 6 rings (SSSR count). The molecule has 3 fully saturated rings. The maximum absolute atomic E-state index is 14.7. The van der Waals surface area contributed by atoms with Crippen molar-refractivity contribution in [3.8, 4) is 5.75 Å². The van der Waals surface area contributed by atoms with E-state index in [1.54, 1.807) is 27.8 Å². The first-order valence-corrected chi connectivity index (χ1v) is 13.7. The highest BCUT2D eigenvalue weighted by Gasteiger charge is 2.86. The number of amides is 3. The number of nitrogens with zero attached hydrogens (tertiary/aromatic N) is 2. The van der Waals surface area contributed by atoms with Crippen LogP contribution >= 0.6 is 46.4 Å². The van der Waals surface area contributed by atoms with Crippen LogP contribution in [-0.2, 0) is 19.9 Å². The summed E-state index contributed by atoms with van der Waals surface area (Å²) < 4.78 is 5.26. The first-order chi connectivity index (χ1) is 17.7. The minimum Gasteiger partial charge on any atom is -0.494 e. The Labute approximate surface area is 241 Å². The highest BCUT2D eigenvalue weighted by Crippen LogP contribution is 2.79. The third-order valence-corrected chi connectivity index (χ3v) is 10.4. The van der Waals surface area contributed by atoms with Gasteiger partial charge >= 0.3 is 0 Å². The number of carbonyl (C=O) groups excluding carboxylic acids is 3. The van der Waals surface area contributed by atoms with Gasteiger partial charge in [0.15, 0.2) is 5.75 Å². The van der Waals surface area contributed by atoms with Gasteiger partial charge in [-0.15, -0.1) is 0 Å². The van der Waals surface area contributed by atoms with E-state index in [1.165, 1.54) is 19.2 Å². The lowest BCUT2D eigenvalue weighted by atomic mass is 9.39. The number of rotatable bonds is 2. The number of fused-ring (bicyclic) bond motifs is 7. The Morgan fingerprint density at radius 2 is 1.61 bits per heavy atom. The molecule has 0 aliphatic carbocycles. The molecule has 3 saturated heterocycles. The third kappa shape index (κ3) is 2.77. The number of hydrogen-bond acceptors (Lipinski definition) is 5. The van der Waals surface area contributed by atoms with Gasteiger partial charge in [-0.3, -0.25) is 24.2 Å². The monoisotopic (exact) mass is 591 g/mol. The Hall–Kier alpha value is -1.90. The van der Waals surface area contributed by atoms with Crippen molar-refractivity contribution in [3.05, 3.63) is 49.9 Å². The standard InChI is InChI=1S/C25H23B2Cl4N3O4/c1-22(2)8-16-23(26)20(36)34(11-6-14(30)18(38-3)15(31)7-11)21(37)25(23,27)24(33(16)9-22)12-4-10(28)5-13(29)17(12)32-19(24)35/h4-7,16H,8-9,26-27H2,1-3H3,(H,32,35). The highest BCUT2D eigenvalue weighted by molar-refractivity contribution is 6.56. The van der Waals surface area contributed by atoms with Crippen molar-refractivity contribution < 1.29 is 19.1 Å². The fourth-order valence-corrected chi connectivity index (χ4v) is 8.78. The van der Waals surface area contributed by atoms with Crippen LogP contribution in [-0.4, -0.2) is 58.0 Å². The zero-order chi connectivity index (χ0) is 27.7. The zero-order valence-electron chi connectivity index (χ0n) is 21.3. The molecule has 1 N–H and O–H groups in total. The maximum atomic E-state index is 14.7. The predicted octanol–water partition coefficient (Wildman–Crippen LogP) is 3.73. The molecule has 4 atom stereocenters. The summed E-state index contributed by atoms with van der Waals surface area (Å²) in [5.41, 5.74) is -0.621. The second-order valence-corrected chi connectivity index (χ2v) is 13.4. The minimum atomic E-state index is -1.52. The lowest BCUT2D eigenvalue weighted by Crippen LogP contribution is -2.57. The summed E-state index contributed by atoms with van der Waals surface area (Å²) in [7, 11) is 4.94. The third-order valence-electron chi connectivity index (χ3n) is 9.32. The van der Waals surface area contributed by atoms with E-state index in [4.69, 9.17) is 51.1 Å². The smallest absolute Gasteiger partial charge is 0.250 e. The second-order valence-electron chi connectivity index (χ2n) is 11.7. The predicted molar refractivity (Wildman–Crippen MR) is 154 cm³/mol. The summed E-state index contributed by atoms with van der Waals surface area (Å²) in [6, 6.07) is 5.78. The number of imide groups is 1. The molecule has 0 radical (unpaired) electrons. The van der Waals surface area contributed by atoms with Gasteiger partial charge in [-0.05, 0) is 36.1 Å². The van der Waals surface area contributed by atoms with Crippen molar-refractivity contribution >= 4 is 91.2 Å². The lowest BCUT2D eigenvalue weighted by Gasteiger charge is -2.44. The van der Waals surface area contributed by atoms with Crippen LogP contribution < -0.4 is 15.0 Å². The van der Waals surface area contributed by atoms with Crippen molar-refractivity contribution in [3.63, 3.8) is 0 Å². The highest BCUT2D eigenvalue weighted by atomic mass is 35.5. The number of methoxy groups -OCH3 is 1. The first-order valence-electron chi connectivity index (χ1n) is 12.2. The zero-order valence-corrected chi connectivity index (χ0v) is 24.4. The number of nitrogens with one attached hydrogen (secondary N) is 1. The number of carbonyl (C=O) groups is 3. The van der Waals surface area contributed by atoms with Crippen LogP contribution in [0.5, 0.6) is 5.75 Å². The van der Waals surface area contributed by atoms with E-state index in [0.717, 1.165) is 4.90 Å². The van der Waals surface area contributed by atoms with Crippen LogP contribution in [0.3, 0.4) is 0 Å². The molecular formula is C25H23B2Cl4N3O4. The summed E-state index contributed by atoms with van der Waals surface area (Å²) >= 11 is 25.8. The van der Waals surface area contributed by atoms with Gasteiger partial charge in [0.25, 0.3) is 0 Å². The molecule has 2 aromatic rings. The number of hydrogen-bond donors (Lipinski definition) is 1. The van der Waals surface area contributed by atoms with Crippen LogP contribution in [0, 0.1) is 5.41 Å². The molecule has 7 nitrogen and oxygen atoms in total. The van der Waals surface area contributed by atoms with Crippen molar-refractivity contribution in [1.29, 1.82) is 0 Å². The van der Waals surface area contributed by atoms with Crippen LogP contribution in [0.15, 0.2) is 24.3 Å². The molecule has 0 saturated carbocycles. The average Bonchev–Trinajstić information content (AvgIpc) is 3.40. The van der Waals surface area contributed by atoms with E-state index < -0.39 is 39.9 Å². The average molecular weight is 593 g/mol. The number of halogens is 4. The molecule has 1 spiro atoms. The maximum Gasteiger partial charge on any atom is 0.250 e. The van der Waals surface area contributed by atoms with E-state index in [-0.39, 0.29) is 31.9 Å². The van der Waals surface area contributed by atoms with Gasteiger partial charge in [0, 0.05) is 28.5 Å². The molecule has 4 unspecified atom stereocenters. The van der Waals surface area contributed by atoms with Crippen LogP contribution in [0.25, 0.3) is 0 Å². The normalized spacial score (nSPS) is 33.1. The van der Waals surface area contributed by atoms with Crippen molar-refractivity contribution in [2.24, 2.45) is 5.41 Å². The summed E-state index contributed by atoms with van der Waals surface area (Å²) in [6.45, 7) is 4.70. The van der Waals surface area contributed by atoms with E-state index >= 15 is 0 Å². The van der Waals surface area contributed by atoms with Gasteiger partial charge in [0.2, 0.25) is 17.7 Å². The Balaban J connectivity index is 1.66. The largest absolute Gasteiger partial charge is 0.494 e. The molecule has 4 heterocycles. The molecule has 0 bridgehead atoms. The van der Waals surface area contributed by atoms with Gasteiger partial charge in [0.05, 0.1) is 38.9 Å². The molecular weight excluding hydrogens is 570 g/mol. The van der Waals surface area contributed by atoms with Crippen molar-refractivity contribution in [2.75, 3.05) is 23.9 Å². The minimum absolute atomic E-state index is 0.156. The quantitative estimate of drug-likeness (QED) is 0.425. The van der Waals surface area contributed by atoms with Gasteiger partial charge in [-0.25, -0.2) is 0 Å². The van der Waals surface area contributed by atoms with Crippen molar-refractivity contribution in [2.45, 2.75) is 42.5 Å². The van der Waals surface area contributed by atoms with E-state index in [9.17, 15) is 14.4 Å². The Kier molecular flexibility index (Phi) is 5.44. The molecule has 0 aromatic heterocycles. The first kappa shape index (κ1) is 26.3. The summed E-state index contributed by atoms with van der Waals surface area (Å²) in [6.07, 6.45) is 0.606. The summed E-state index contributed by atoms with van der Waals surface area (Å²) in [5.74, 6) is -1.10. The van der Waals surface area contributed by atoms with Gasteiger partial charge in [0.1, 0.15) is 21.2 Å². The fraction of sp³-hybridized carbons (Fsp3) is 0.400. The number of ether oxygens (including phenoxy) is 1. The molecule has 38 heavy (non-hydrogen) atoms. The van der Waals surface area contributed by atoms with Crippen LogP contribution in [0.2, 0.25) is 30.7 Å². The van der Waals surface area contributed by atoms with Gasteiger partial charge < -0.3 is 10.1 Å².